The molecule has 0 bridgehead atoms. The van der Waals surface area contributed by atoms with Crippen LogP contribution in [0.25, 0.3) is 0 Å². The molecule has 1 aromatic carbocycles. The molecule has 0 radical (unpaired) electrons. The van der Waals surface area contributed by atoms with Crippen LogP contribution < -0.4 is 5.32 Å². The Balaban J connectivity index is 1.73. The van der Waals surface area contributed by atoms with Gasteiger partial charge in [0.15, 0.2) is 0 Å². The molecule has 0 unspecified atom stereocenters. The SMILES string of the molecule is CCCCNc1ccc(C(=O)OCCOCCOCCOCCOCCOCCOCCOCCOCCC(=O)OCC)cc1. The largest absolute Gasteiger partial charge is 0.466 e. The molecule has 13 heteroatoms. The highest BCUT2D eigenvalue weighted by Gasteiger charge is 2.07. The molecule has 0 atom stereocenters. The van der Waals surface area contributed by atoms with E-state index in [4.69, 9.17) is 47.4 Å². The van der Waals surface area contributed by atoms with E-state index in [1.807, 2.05) is 12.1 Å². The molecule has 0 heterocycles. The average Bonchev–Trinajstić information content (AvgIpc) is 3.05. The Morgan fingerprint density at radius 3 is 1.33 bits per heavy atom. The van der Waals surface area contributed by atoms with Crippen molar-refractivity contribution in [3.05, 3.63) is 29.8 Å². The van der Waals surface area contributed by atoms with E-state index in [0.29, 0.717) is 118 Å². The fourth-order valence-electron chi connectivity index (χ4n) is 3.44. The number of carbonyl (C=O) groups excluding carboxylic acids is 2. The Hall–Kier alpha value is -2.36. The first-order chi connectivity index (χ1) is 22.2. The Bertz CT molecular complexity index is 812. The third-order valence-electron chi connectivity index (χ3n) is 5.80. The molecule has 0 spiro atoms. The quantitative estimate of drug-likeness (QED) is 0.0886. The van der Waals surface area contributed by atoms with Crippen LogP contribution in [0.15, 0.2) is 24.3 Å². The first kappa shape index (κ1) is 40.7. The molecule has 0 saturated heterocycles. The van der Waals surface area contributed by atoms with Gasteiger partial charge in [-0.2, -0.15) is 0 Å². The number of anilines is 1. The number of rotatable bonds is 33. The number of hydrogen-bond donors (Lipinski definition) is 1. The van der Waals surface area contributed by atoms with Crippen molar-refractivity contribution in [2.75, 3.05) is 131 Å². The molecule has 0 aromatic heterocycles. The maximum atomic E-state index is 12.1. The highest BCUT2D eigenvalue weighted by atomic mass is 16.6. The lowest BCUT2D eigenvalue weighted by molar-refractivity contribution is -0.144. The first-order valence-corrected chi connectivity index (χ1v) is 16.0. The smallest absolute Gasteiger partial charge is 0.338 e. The normalized spacial score (nSPS) is 11.1. The Morgan fingerprint density at radius 1 is 0.533 bits per heavy atom. The van der Waals surface area contributed by atoms with E-state index in [2.05, 4.69) is 12.2 Å². The molecule has 0 aliphatic carbocycles. The van der Waals surface area contributed by atoms with Gasteiger partial charge in [-0.3, -0.25) is 4.79 Å². The van der Waals surface area contributed by atoms with E-state index >= 15 is 0 Å². The van der Waals surface area contributed by atoms with Gasteiger partial charge in [-0.15, -0.1) is 0 Å². The number of ether oxygens (including phenoxy) is 10. The molecule has 1 aromatic rings. The van der Waals surface area contributed by atoms with Gasteiger partial charge in [0.2, 0.25) is 0 Å². The monoisotopic (exact) mass is 645 g/mol. The third-order valence-corrected chi connectivity index (χ3v) is 5.80. The summed E-state index contributed by atoms with van der Waals surface area (Å²) < 4.78 is 53.4. The zero-order chi connectivity index (χ0) is 32.5. The van der Waals surface area contributed by atoms with Crippen molar-refractivity contribution in [3.63, 3.8) is 0 Å². The average molecular weight is 646 g/mol. The Labute approximate surface area is 268 Å². The fourth-order valence-corrected chi connectivity index (χ4v) is 3.44. The summed E-state index contributed by atoms with van der Waals surface area (Å²) in [7, 11) is 0. The van der Waals surface area contributed by atoms with Crippen LogP contribution in [-0.4, -0.2) is 137 Å². The van der Waals surface area contributed by atoms with Gasteiger partial charge in [0.1, 0.15) is 6.61 Å². The van der Waals surface area contributed by atoms with Crippen LogP contribution in [0, 0.1) is 0 Å². The molecule has 0 saturated carbocycles. The molecule has 45 heavy (non-hydrogen) atoms. The molecule has 260 valence electrons. The summed E-state index contributed by atoms with van der Waals surface area (Å²) in [6.07, 6.45) is 2.49. The van der Waals surface area contributed by atoms with Crippen molar-refractivity contribution < 1.29 is 57.0 Å². The second-order valence-electron chi connectivity index (χ2n) is 9.45. The number of esters is 2. The molecule has 13 nitrogen and oxygen atoms in total. The summed E-state index contributed by atoms with van der Waals surface area (Å²) >= 11 is 0. The number of nitrogens with one attached hydrogen (secondary N) is 1. The zero-order valence-electron chi connectivity index (χ0n) is 27.3. The highest BCUT2D eigenvalue weighted by molar-refractivity contribution is 5.89. The summed E-state index contributed by atoms with van der Waals surface area (Å²) in [5, 5.41) is 3.31. The Morgan fingerprint density at radius 2 is 0.933 bits per heavy atom. The molecule has 1 N–H and O–H groups in total. The van der Waals surface area contributed by atoms with Gasteiger partial charge in [-0.05, 0) is 37.6 Å². The van der Waals surface area contributed by atoms with Crippen LogP contribution >= 0.6 is 0 Å². The maximum Gasteiger partial charge on any atom is 0.338 e. The minimum absolute atomic E-state index is 0.187. The standard InChI is InChI=1S/C32H55NO12/c1-3-5-11-33-30-8-6-29(7-9-30)32(35)45-28-27-43-26-25-42-24-23-41-22-21-40-20-19-39-18-17-38-16-15-37-14-13-36-12-10-31(34)44-4-2/h6-9,33H,3-5,10-28H2,1-2H3. The number of hydrogen-bond acceptors (Lipinski definition) is 13. The lowest BCUT2D eigenvalue weighted by Gasteiger charge is -2.09. The van der Waals surface area contributed by atoms with E-state index in [0.717, 1.165) is 25.1 Å². The number of carbonyl (C=O) groups is 2. The Kier molecular flexibility index (Phi) is 28.6. The lowest BCUT2D eigenvalue weighted by atomic mass is 10.2. The summed E-state index contributed by atoms with van der Waals surface area (Å²) in [6, 6.07) is 7.28. The van der Waals surface area contributed by atoms with Crippen molar-refractivity contribution in [1.29, 1.82) is 0 Å². The van der Waals surface area contributed by atoms with Crippen LogP contribution in [0.3, 0.4) is 0 Å². The molecule has 1 rings (SSSR count). The van der Waals surface area contributed by atoms with E-state index in [-0.39, 0.29) is 25.0 Å². The van der Waals surface area contributed by atoms with Gasteiger partial charge >= 0.3 is 11.9 Å². The number of benzene rings is 1. The second kappa shape index (κ2) is 31.6. The minimum atomic E-state index is -0.364. The molecule has 0 fully saturated rings. The predicted octanol–water partition coefficient (Wildman–Crippen LogP) is 3.14. The third kappa shape index (κ3) is 26.6. The summed E-state index contributed by atoms with van der Waals surface area (Å²) in [5.41, 5.74) is 1.51. The fraction of sp³-hybridized carbons (Fsp3) is 0.750. The molecular formula is C32H55NO12. The van der Waals surface area contributed by atoms with Gasteiger partial charge in [-0.1, -0.05) is 13.3 Å². The second-order valence-corrected chi connectivity index (χ2v) is 9.45. The summed E-state index contributed by atoms with van der Waals surface area (Å²) in [4.78, 5) is 23.3. The number of unbranched alkanes of at least 4 members (excludes halogenated alkanes) is 1. The minimum Gasteiger partial charge on any atom is -0.466 e. The summed E-state index contributed by atoms with van der Waals surface area (Å²) in [6.45, 7) is 12.5. The molecule has 0 aliphatic heterocycles. The van der Waals surface area contributed by atoms with E-state index in [9.17, 15) is 9.59 Å². The first-order valence-electron chi connectivity index (χ1n) is 16.0. The van der Waals surface area contributed by atoms with Gasteiger partial charge in [0, 0.05) is 12.2 Å². The van der Waals surface area contributed by atoms with Crippen LogP contribution in [0.1, 0.15) is 43.5 Å². The summed E-state index contributed by atoms with van der Waals surface area (Å²) in [5.74, 6) is -0.618. The van der Waals surface area contributed by atoms with Crippen molar-refractivity contribution in [2.45, 2.75) is 33.1 Å². The lowest BCUT2D eigenvalue weighted by Crippen LogP contribution is -2.15. The van der Waals surface area contributed by atoms with Gasteiger partial charge < -0.3 is 52.7 Å². The van der Waals surface area contributed by atoms with Crippen molar-refractivity contribution in [2.24, 2.45) is 0 Å². The molecular weight excluding hydrogens is 590 g/mol. The topological polar surface area (TPSA) is 138 Å². The van der Waals surface area contributed by atoms with Crippen LogP contribution in [-0.2, 0) is 52.2 Å². The van der Waals surface area contributed by atoms with E-state index < -0.39 is 0 Å². The van der Waals surface area contributed by atoms with Crippen molar-refractivity contribution in [3.8, 4) is 0 Å². The van der Waals surface area contributed by atoms with Crippen LogP contribution in [0.2, 0.25) is 0 Å². The highest BCUT2D eigenvalue weighted by Crippen LogP contribution is 2.10. The molecule has 0 amide bonds. The zero-order valence-corrected chi connectivity index (χ0v) is 27.3. The van der Waals surface area contributed by atoms with Crippen molar-refractivity contribution >= 4 is 17.6 Å². The van der Waals surface area contributed by atoms with Crippen LogP contribution in [0.5, 0.6) is 0 Å². The predicted molar refractivity (Wildman–Crippen MR) is 168 cm³/mol. The molecule has 0 aliphatic rings. The van der Waals surface area contributed by atoms with Gasteiger partial charge in [-0.25, -0.2) is 4.79 Å². The van der Waals surface area contributed by atoms with Gasteiger partial charge in [0.05, 0.1) is 124 Å². The van der Waals surface area contributed by atoms with Crippen LogP contribution in [0.4, 0.5) is 5.69 Å². The van der Waals surface area contributed by atoms with Crippen molar-refractivity contribution in [1.82, 2.24) is 0 Å². The van der Waals surface area contributed by atoms with E-state index in [1.54, 1.807) is 19.1 Å². The maximum absolute atomic E-state index is 12.1. The van der Waals surface area contributed by atoms with E-state index in [1.165, 1.54) is 0 Å². The van der Waals surface area contributed by atoms with Gasteiger partial charge in [0.25, 0.3) is 0 Å².